The van der Waals surface area contributed by atoms with E-state index in [0.29, 0.717) is 0 Å². The molecule has 0 saturated heterocycles. The number of hydrogen-bond donors (Lipinski definition) is 2. The molecular formula is C10H18O4S2. The maximum absolute atomic E-state index is 9.46. The van der Waals surface area contributed by atoms with Gasteiger partial charge in [-0.15, -0.1) is 0 Å². The number of aliphatic hydroxyl groups excluding tert-OH is 2. The summed E-state index contributed by atoms with van der Waals surface area (Å²) in [5.74, 6) is 0. The van der Waals surface area contributed by atoms with Crippen molar-refractivity contribution in [1.29, 1.82) is 0 Å². The first kappa shape index (κ1) is 15.7. The maximum atomic E-state index is 9.46. The molecule has 0 aliphatic carbocycles. The maximum Gasteiger partial charge on any atom is 0.198 e. The van der Waals surface area contributed by atoms with Crippen LogP contribution in [0.3, 0.4) is 0 Å². The third-order valence-corrected chi connectivity index (χ3v) is 2.46. The molecule has 0 aliphatic heterocycles. The monoisotopic (exact) mass is 266 g/mol. The number of ether oxygens (including phenoxy) is 2. The fourth-order valence-corrected chi connectivity index (χ4v) is 1.32. The summed E-state index contributed by atoms with van der Waals surface area (Å²) in [6.07, 6.45) is -0.762. The number of aliphatic hydroxyl groups is 2. The van der Waals surface area contributed by atoms with Crippen LogP contribution in [-0.2, 0) is 9.47 Å². The minimum Gasteiger partial charge on any atom is -0.502 e. The molecule has 3 atom stereocenters. The second-order valence-corrected chi connectivity index (χ2v) is 4.35. The summed E-state index contributed by atoms with van der Waals surface area (Å²) in [6, 6.07) is 0. The zero-order chi connectivity index (χ0) is 12.7. The smallest absolute Gasteiger partial charge is 0.198 e. The molecule has 16 heavy (non-hydrogen) atoms. The summed E-state index contributed by atoms with van der Waals surface area (Å²) in [5, 5.41) is 18.0. The third kappa shape index (κ3) is 7.05. The molecule has 0 aliphatic rings. The van der Waals surface area contributed by atoms with Crippen LogP contribution in [0.4, 0.5) is 0 Å². The van der Waals surface area contributed by atoms with E-state index in [2.05, 4.69) is 12.2 Å². The van der Waals surface area contributed by atoms with Crippen molar-refractivity contribution in [2.24, 2.45) is 0 Å². The molecule has 0 amide bonds. The molecule has 3 unspecified atom stereocenters. The second kappa shape index (κ2) is 7.89. The van der Waals surface area contributed by atoms with Crippen LogP contribution in [0.15, 0.2) is 0 Å². The largest absolute Gasteiger partial charge is 0.502 e. The van der Waals surface area contributed by atoms with Gasteiger partial charge in [0.2, 0.25) is 0 Å². The van der Waals surface area contributed by atoms with E-state index >= 15 is 0 Å². The van der Waals surface area contributed by atoms with Crippen molar-refractivity contribution in [2.45, 2.75) is 52.1 Å². The minimum atomic E-state index is -1.07. The van der Waals surface area contributed by atoms with Gasteiger partial charge in [-0.2, -0.15) is 0 Å². The highest BCUT2D eigenvalue weighted by Crippen LogP contribution is 2.07. The molecule has 0 bridgehead atoms. The number of thiocarbonyl (C=S) groups is 2. The van der Waals surface area contributed by atoms with E-state index in [9.17, 15) is 5.11 Å². The van der Waals surface area contributed by atoms with Crippen molar-refractivity contribution in [2.75, 3.05) is 0 Å². The van der Waals surface area contributed by atoms with Gasteiger partial charge in [0.25, 0.3) is 0 Å². The summed E-state index contributed by atoms with van der Waals surface area (Å²) < 4.78 is 10.6. The summed E-state index contributed by atoms with van der Waals surface area (Å²) >= 11 is 9.28. The molecule has 0 spiro atoms. The molecule has 2 N–H and O–H groups in total. The molecule has 0 rings (SSSR count). The quantitative estimate of drug-likeness (QED) is 0.544. The van der Waals surface area contributed by atoms with Gasteiger partial charge in [-0.1, -0.05) is 6.92 Å². The van der Waals surface area contributed by atoms with Crippen LogP contribution in [0.2, 0.25) is 0 Å². The Bertz CT molecular complexity index is 245. The standard InChI is InChI=1S/C10H18O4S2/c1-4-6(2)13-7(3)14-10(16)8(11)5-9(12)15/h6-8,11H,4-5H2,1-3H3,(H,12,15). The average Bonchev–Trinajstić information content (AvgIpc) is 2.16. The fraction of sp³-hybridized carbons (Fsp3) is 0.800. The van der Waals surface area contributed by atoms with Gasteiger partial charge in [0.05, 0.1) is 6.10 Å². The summed E-state index contributed by atoms with van der Waals surface area (Å²) in [4.78, 5) is 0. The van der Waals surface area contributed by atoms with E-state index < -0.39 is 12.4 Å². The van der Waals surface area contributed by atoms with Crippen LogP contribution in [0.25, 0.3) is 0 Å². The van der Waals surface area contributed by atoms with Crippen LogP contribution in [-0.4, -0.2) is 38.8 Å². The molecule has 0 aromatic carbocycles. The first-order valence-electron chi connectivity index (χ1n) is 5.12. The Morgan fingerprint density at radius 2 is 1.88 bits per heavy atom. The summed E-state index contributed by atoms with van der Waals surface area (Å²) in [5.41, 5.74) is 0. The third-order valence-electron chi connectivity index (χ3n) is 1.92. The van der Waals surface area contributed by atoms with Gasteiger partial charge in [-0.3, -0.25) is 0 Å². The molecule has 6 heteroatoms. The lowest BCUT2D eigenvalue weighted by Crippen LogP contribution is -2.29. The Hall–Kier alpha value is -0.300. The van der Waals surface area contributed by atoms with E-state index in [1.807, 2.05) is 13.8 Å². The average molecular weight is 266 g/mol. The lowest BCUT2D eigenvalue weighted by molar-refractivity contribution is -0.112. The predicted molar refractivity (Wildman–Crippen MR) is 69.8 cm³/mol. The van der Waals surface area contributed by atoms with E-state index in [0.717, 1.165) is 6.42 Å². The van der Waals surface area contributed by atoms with E-state index in [4.69, 9.17) is 26.8 Å². The molecule has 94 valence electrons. The van der Waals surface area contributed by atoms with Crippen molar-refractivity contribution in [3.63, 3.8) is 0 Å². The Morgan fingerprint density at radius 1 is 1.31 bits per heavy atom. The van der Waals surface area contributed by atoms with Gasteiger partial charge < -0.3 is 19.7 Å². The van der Waals surface area contributed by atoms with Crippen LogP contribution in [0.5, 0.6) is 0 Å². The first-order chi connectivity index (χ1) is 7.36. The topological polar surface area (TPSA) is 58.9 Å². The van der Waals surface area contributed by atoms with Gasteiger partial charge in [0.15, 0.2) is 16.4 Å². The number of rotatable bonds is 7. The summed E-state index contributed by atoms with van der Waals surface area (Å²) in [7, 11) is 0. The van der Waals surface area contributed by atoms with Gasteiger partial charge in [0.1, 0.15) is 6.10 Å². The SMILES string of the molecule is CCC(C)OC(C)OC(=S)C(O)CC(O)=S. The molecule has 0 aromatic heterocycles. The van der Waals surface area contributed by atoms with Crippen molar-refractivity contribution in [3.05, 3.63) is 0 Å². The zero-order valence-corrected chi connectivity index (χ0v) is 11.3. The number of hydrogen-bond acceptors (Lipinski definition) is 5. The normalized spacial score (nSPS) is 16.2. The van der Waals surface area contributed by atoms with Crippen LogP contribution in [0.1, 0.15) is 33.6 Å². The Balaban J connectivity index is 3.98. The summed E-state index contributed by atoms with van der Waals surface area (Å²) in [6.45, 7) is 5.61. The molecule has 0 radical (unpaired) electrons. The second-order valence-electron chi connectivity index (χ2n) is 3.47. The molecule has 0 aromatic rings. The van der Waals surface area contributed by atoms with Crippen molar-refractivity contribution >= 4 is 34.5 Å². The van der Waals surface area contributed by atoms with Crippen molar-refractivity contribution < 1.29 is 19.7 Å². The lowest BCUT2D eigenvalue weighted by Gasteiger charge is -2.21. The zero-order valence-electron chi connectivity index (χ0n) is 9.67. The van der Waals surface area contributed by atoms with Crippen LogP contribution < -0.4 is 0 Å². The van der Waals surface area contributed by atoms with Crippen molar-refractivity contribution in [3.8, 4) is 0 Å². The molecule has 4 nitrogen and oxygen atoms in total. The minimum absolute atomic E-state index is 0.0211. The molecular weight excluding hydrogens is 248 g/mol. The van der Waals surface area contributed by atoms with E-state index in [-0.39, 0.29) is 22.6 Å². The highest BCUT2D eigenvalue weighted by atomic mass is 32.1. The van der Waals surface area contributed by atoms with Crippen molar-refractivity contribution in [1.82, 2.24) is 0 Å². The Kier molecular flexibility index (Phi) is 7.74. The van der Waals surface area contributed by atoms with E-state index in [1.54, 1.807) is 6.92 Å². The first-order valence-corrected chi connectivity index (χ1v) is 5.94. The molecule has 0 fully saturated rings. The highest BCUT2D eigenvalue weighted by molar-refractivity contribution is 7.80. The van der Waals surface area contributed by atoms with Gasteiger partial charge in [0, 0.05) is 6.42 Å². The fourth-order valence-electron chi connectivity index (χ4n) is 0.942. The molecule has 0 saturated carbocycles. The van der Waals surface area contributed by atoms with Crippen LogP contribution in [0, 0.1) is 0 Å². The van der Waals surface area contributed by atoms with Gasteiger partial charge in [-0.05, 0) is 44.7 Å². The van der Waals surface area contributed by atoms with Gasteiger partial charge in [-0.25, -0.2) is 0 Å². The van der Waals surface area contributed by atoms with Gasteiger partial charge >= 0.3 is 0 Å². The van der Waals surface area contributed by atoms with Crippen LogP contribution >= 0.6 is 24.4 Å². The molecule has 0 heterocycles. The lowest BCUT2D eigenvalue weighted by atomic mass is 10.3. The Morgan fingerprint density at radius 3 is 2.31 bits per heavy atom. The highest BCUT2D eigenvalue weighted by Gasteiger charge is 2.18. The Labute approximate surface area is 107 Å². The van der Waals surface area contributed by atoms with E-state index in [1.165, 1.54) is 0 Å². The predicted octanol–water partition coefficient (Wildman–Crippen LogP) is 2.13.